The molecule has 3 N–H and O–H groups in total. The predicted molar refractivity (Wildman–Crippen MR) is 61.3 cm³/mol. The lowest BCUT2D eigenvalue weighted by atomic mass is 9.84. The summed E-state index contributed by atoms with van der Waals surface area (Å²) in [5, 5.41) is 2.94. The molecule has 14 heavy (non-hydrogen) atoms. The first-order valence-electron chi connectivity index (χ1n) is 5.28. The standard InChI is InChI=1S/C10H20N2OS/c1-14-7-6-12-10(13)8-4-2-3-5-9(8)11/h8-9H,2-7,11H2,1H3,(H,12,13). The van der Waals surface area contributed by atoms with Gasteiger partial charge in [0.2, 0.25) is 5.91 Å². The van der Waals surface area contributed by atoms with Crippen LogP contribution in [0.1, 0.15) is 25.7 Å². The summed E-state index contributed by atoms with van der Waals surface area (Å²) >= 11 is 1.75. The molecule has 0 aromatic rings. The lowest BCUT2D eigenvalue weighted by Gasteiger charge is -2.27. The molecule has 1 rings (SSSR count). The predicted octanol–water partition coefficient (Wildman–Crippen LogP) is 0.983. The molecular weight excluding hydrogens is 196 g/mol. The summed E-state index contributed by atoms with van der Waals surface area (Å²) in [4.78, 5) is 11.7. The van der Waals surface area contributed by atoms with Gasteiger partial charge >= 0.3 is 0 Å². The number of carbonyl (C=O) groups is 1. The second kappa shape index (κ2) is 6.30. The Morgan fingerprint density at radius 2 is 2.21 bits per heavy atom. The molecule has 3 nitrogen and oxygen atoms in total. The number of carbonyl (C=O) groups excluding carboxylic acids is 1. The van der Waals surface area contributed by atoms with Gasteiger partial charge in [-0.1, -0.05) is 12.8 Å². The molecule has 0 saturated heterocycles. The van der Waals surface area contributed by atoms with Gasteiger partial charge in [0.1, 0.15) is 0 Å². The zero-order chi connectivity index (χ0) is 10.4. The van der Waals surface area contributed by atoms with Gasteiger partial charge < -0.3 is 11.1 Å². The van der Waals surface area contributed by atoms with Crippen LogP contribution in [0.15, 0.2) is 0 Å². The molecule has 0 radical (unpaired) electrons. The minimum absolute atomic E-state index is 0.0607. The Hall–Kier alpha value is -0.220. The normalized spacial score (nSPS) is 27.3. The Morgan fingerprint density at radius 3 is 2.86 bits per heavy atom. The van der Waals surface area contributed by atoms with E-state index < -0.39 is 0 Å². The number of rotatable bonds is 4. The Bertz CT molecular complexity index is 187. The highest BCUT2D eigenvalue weighted by atomic mass is 32.2. The van der Waals surface area contributed by atoms with Crippen LogP contribution < -0.4 is 11.1 Å². The molecule has 1 aliphatic carbocycles. The third-order valence-electron chi connectivity index (χ3n) is 2.76. The second-order valence-corrected chi connectivity index (χ2v) is 4.82. The van der Waals surface area contributed by atoms with Crippen molar-refractivity contribution in [3.8, 4) is 0 Å². The Morgan fingerprint density at radius 1 is 1.50 bits per heavy atom. The van der Waals surface area contributed by atoms with E-state index in [0.29, 0.717) is 0 Å². The monoisotopic (exact) mass is 216 g/mol. The van der Waals surface area contributed by atoms with Crippen molar-refractivity contribution in [2.45, 2.75) is 31.7 Å². The van der Waals surface area contributed by atoms with Crippen LogP contribution in [0.4, 0.5) is 0 Å². The van der Waals surface area contributed by atoms with Gasteiger partial charge in [-0.3, -0.25) is 4.79 Å². The fraction of sp³-hybridized carbons (Fsp3) is 0.900. The van der Waals surface area contributed by atoms with E-state index in [1.165, 1.54) is 6.42 Å². The van der Waals surface area contributed by atoms with Gasteiger partial charge in [-0.05, 0) is 19.1 Å². The Kier molecular flexibility index (Phi) is 5.33. The van der Waals surface area contributed by atoms with Gasteiger partial charge in [0.25, 0.3) is 0 Å². The van der Waals surface area contributed by atoms with E-state index in [9.17, 15) is 4.79 Å². The van der Waals surface area contributed by atoms with Crippen LogP contribution in [0.25, 0.3) is 0 Å². The first-order valence-corrected chi connectivity index (χ1v) is 6.67. The van der Waals surface area contributed by atoms with Crippen molar-refractivity contribution < 1.29 is 4.79 Å². The largest absolute Gasteiger partial charge is 0.355 e. The van der Waals surface area contributed by atoms with Crippen molar-refractivity contribution in [1.82, 2.24) is 5.32 Å². The van der Waals surface area contributed by atoms with Crippen molar-refractivity contribution in [3.05, 3.63) is 0 Å². The second-order valence-electron chi connectivity index (χ2n) is 3.84. The van der Waals surface area contributed by atoms with E-state index >= 15 is 0 Å². The van der Waals surface area contributed by atoms with Gasteiger partial charge in [-0.15, -0.1) is 0 Å². The number of hydrogen-bond acceptors (Lipinski definition) is 3. The maximum Gasteiger partial charge on any atom is 0.224 e. The van der Waals surface area contributed by atoms with Gasteiger partial charge in [0.15, 0.2) is 0 Å². The van der Waals surface area contributed by atoms with Crippen molar-refractivity contribution >= 4 is 17.7 Å². The lowest BCUT2D eigenvalue weighted by molar-refractivity contribution is -0.126. The molecule has 4 heteroatoms. The van der Waals surface area contributed by atoms with Crippen molar-refractivity contribution in [3.63, 3.8) is 0 Å². The molecule has 0 aromatic carbocycles. The fourth-order valence-electron chi connectivity index (χ4n) is 1.89. The van der Waals surface area contributed by atoms with Crippen LogP contribution in [-0.4, -0.2) is 30.5 Å². The van der Waals surface area contributed by atoms with Crippen LogP contribution in [0.5, 0.6) is 0 Å². The summed E-state index contributed by atoms with van der Waals surface area (Å²) in [6, 6.07) is 0.0815. The summed E-state index contributed by atoms with van der Waals surface area (Å²) in [7, 11) is 0. The molecule has 0 bridgehead atoms. The molecule has 1 fully saturated rings. The summed E-state index contributed by atoms with van der Waals surface area (Å²) in [6.07, 6.45) is 6.33. The van der Waals surface area contributed by atoms with E-state index in [-0.39, 0.29) is 17.9 Å². The molecule has 0 heterocycles. The topological polar surface area (TPSA) is 55.1 Å². The molecule has 0 aromatic heterocycles. The Labute approximate surface area is 90.2 Å². The summed E-state index contributed by atoms with van der Waals surface area (Å²) in [5.74, 6) is 1.20. The molecule has 0 aliphatic heterocycles. The van der Waals surface area contributed by atoms with Gasteiger partial charge in [0.05, 0.1) is 5.92 Å². The molecule has 0 spiro atoms. The van der Waals surface area contributed by atoms with Gasteiger partial charge in [0, 0.05) is 18.3 Å². The maximum atomic E-state index is 11.7. The number of nitrogens with two attached hydrogens (primary N) is 1. The molecule has 2 atom stereocenters. The van der Waals surface area contributed by atoms with Gasteiger partial charge in [-0.2, -0.15) is 11.8 Å². The van der Waals surface area contributed by atoms with Crippen molar-refractivity contribution in [2.24, 2.45) is 11.7 Å². The highest BCUT2D eigenvalue weighted by molar-refractivity contribution is 7.98. The van der Waals surface area contributed by atoms with Crippen LogP contribution in [-0.2, 0) is 4.79 Å². The van der Waals surface area contributed by atoms with E-state index in [1.807, 2.05) is 6.26 Å². The van der Waals surface area contributed by atoms with E-state index in [1.54, 1.807) is 11.8 Å². The average Bonchev–Trinajstić information content (AvgIpc) is 2.18. The number of thioether (sulfide) groups is 1. The van der Waals surface area contributed by atoms with Crippen LogP contribution in [0.2, 0.25) is 0 Å². The summed E-state index contributed by atoms with van der Waals surface area (Å²) in [5.41, 5.74) is 5.92. The number of amides is 1. The molecule has 1 amide bonds. The molecular formula is C10H20N2OS. The van der Waals surface area contributed by atoms with E-state index in [0.717, 1.165) is 31.6 Å². The minimum Gasteiger partial charge on any atom is -0.355 e. The van der Waals surface area contributed by atoms with Crippen molar-refractivity contribution in [1.29, 1.82) is 0 Å². The first kappa shape index (κ1) is 11.9. The zero-order valence-corrected chi connectivity index (χ0v) is 9.61. The third-order valence-corrected chi connectivity index (χ3v) is 3.37. The lowest BCUT2D eigenvalue weighted by Crippen LogP contribution is -2.44. The number of nitrogens with one attached hydrogen (secondary N) is 1. The average molecular weight is 216 g/mol. The molecule has 2 unspecified atom stereocenters. The SMILES string of the molecule is CSCCNC(=O)C1CCCCC1N. The van der Waals surface area contributed by atoms with Crippen LogP contribution in [0.3, 0.4) is 0 Å². The highest BCUT2D eigenvalue weighted by Crippen LogP contribution is 2.22. The fourth-order valence-corrected chi connectivity index (χ4v) is 2.20. The molecule has 82 valence electrons. The molecule has 1 saturated carbocycles. The quantitative estimate of drug-likeness (QED) is 0.689. The highest BCUT2D eigenvalue weighted by Gasteiger charge is 2.27. The summed E-state index contributed by atoms with van der Waals surface area (Å²) < 4.78 is 0. The van der Waals surface area contributed by atoms with Crippen LogP contribution in [0, 0.1) is 5.92 Å². The minimum atomic E-state index is 0.0607. The maximum absolute atomic E-state index is 11.7. The zero-order valence-electron chi connectivity index (χ0n) is 8.79. The number of hydrogen-bond donors (Lipinski definition) is 2. The van der Waals surface area contributed by atoms with Crippen molar-refractivity contribution in [2.75, 3.05) is 18.6 Å². The smallest absolute Gasteiger partial charge is 0.224 e. The van der Waals surface area contributed by atoms with Crippen LogP contribution >= 0.6 is 11.8 Å². The summed E-state index contributed by atoms with van der Waals surface area (Å²) in [6.45, 7) is 0.767. The van der Waals surface area contributed by atoms with E-state index in [2.05, 4.69) is 5.32 Å². The first-order chi connectivity index (χ1) is 6.75. The third kappa shape index (κ3) is 3.50. The van der Waals surface area contributed by atoms with Gasteiger partial charge in [-0.25, -0.2) is 0 Å². The molecule has 1 aliphatic rings. The van der Waals surface area contributed by atoms with E-state index in [4.69, 9.17) is 5.73 Å². The Balaban J connectivity index is 2.27.